The highest BCUT2D eigenvalue weighted by Gasteiger charge is 2.28. The van der Waals surface area contributed by atoms with Gasteiger partial charge < -0.3 is 14.7 Å². The highest BCUT2D eigenvalue weighted by atomic mass is 16.5. The lowest BCUT2D eigenvalue weighted by Crippen LogP contribution is -2.40. The third kappa shape index (κ3) is 5.10. The van der Waals surface area contributed by atoms with Crippen LogP contribution in [0.1, 0.15) is 25.3 Å². The molecule has 1 aliphatic carbocycles. The van der Waals surface area contributed by atoms with Crippen LogP contribution in [-0.2, 0) is 16.0 Å². The molecule has 2 rings (SSSR count). The maximum Gasteiger partial charge on any atom is 0.323 e. The van der Waals surface area contributed by atoms with E-state index in [2.05, 4.69) is 6.92 Å². The van der Waals surface area contributed by atoms with E-state index in [1.807, 2.05) is 18.2 Å². The molecular formula is C16H21NO4. The topological polar surface area (TPSA) is 66.8 Å². The summed E-state index contributed by atoms with van der Waals surface area (Å²) in [4.78, 5) is 24.3. The molecule has 0 spiro atoms. The smallest absolute Gasteiger partial charge is 0.323 e. The summed E-state index contributed by atoms with van der Waals surface area (Å²) < 4.78 is 5.49. The fraction of sp³-hybridized carbons (Fsp3) is 0.500. The van der Waals surface area contributed by atoms with Crippen LogP contribution in [0.25, 0.3) is 0 Å². The largest absolute Gasteiger partial charge is 0.484 e. The molecule has 0 saturated heterocycles. The van der Waals surface area contributed by atoms with Crippen LogP contribution in [0.2, 0.25) is 0 Å². The summed E-state index contributed by atoms with van der Waals surface area (Å²) in [6.45, 7) is 2.19. The van der Waals surface area contributed by atoms with Gasteiger partial charge in [-0.3, -0.25) is 9.59 Å². The number of hydrogen-bond donors (Lipinski definition) is 1. The number of carboxylic acid groups (broad SMARTS) is 1. The second-order valence-corrected chi connectivity index (χ2v) is 5.40. The SMILES string of the molecule is CCc1cccc(OCC(=O)N(CC(=O)O)CC2CC2)c1. The first-order chi connectivity index (χ1) is 10.1. The Labute approximate surface area is 124 Å². The van der Waals surface area contributed by atoms with Crippen molar-refractivity contribution in [3.63, 3.8) is 0 Å². The minimum atomic E-state index is -0.989. The van der Waals surface area contributed by atoms with E-state index in [0.717, 1.165) is 24.8 Å². The molecule has 0 aromatic heterocycles. The summed E-state index contributed by atoms with van der Waals surface area (Å²) in [6, 6.07) is 7.58. The molecule has 21 heavy (non-hydrogen) atoms. The van der Waals surface area contributed by atoms with E-state index in [0.29, 0.717) is 18.2 Å². The second kappa shape index (κ2) is 7.11. The number of carbonyl (C=O) groups is 2. The molecule has 1 aromatic rings. The van der Waals surface area contributed by atoms with Crippen LogP contribution in [-0.4, -0.2) is 41.6 Å². The summed E-state index contributed by atoms with van der Waals surface area (Å²) in [5.74, 6) is -0.163. The number of aliphatic carboxylic acids is 1. The van der Waals surface area contributed by atoms with E-state index in [1.165, 1.54) is 4.90 Å². The number of rotatable bonds is 8. The number of aryl methyl sites for hydroxylation is 1. The van der Waals surface area contributed by atoms with Crippen molar-refractivity contribution in [2.75, 3.05) is 19.7 Å². The molecule has 5 nitrogen and oxygen atoms in total. The van der Waals surface area contributed by atoms with Crippen LogP contribution in [0.15, 0.2) is 24.3 Å². The summed E-state index contributed by atoms with van der Waals surface area (Å²) in [7, 11) is 0. The van der Waals surface area contributed by atoms with Crippen molar-refractivity contribution in [2.45, 2.75) is 26.2 Å². The Kier molecular flexibility index (Phi) is 5.20. The van der Waals surface area contributed by atoms with Crippen molar-refractivity contribution >= 4 is 11.9 Å². The predicted octanol–water partition coefficient (Wildman–Crippen LogP) is 1.95. The van der Waals surface area contributed by atoms with Crippen LogP contribution in [0.5, 0.6) is 5.75 Å². The fourth-order valence-electron chi connectivity index (χ4n) is 2.12. The molecule has 5 heteroatoms. The van der Waals surface area contributed by atoms with Crippen LogP contribution in [0.3, 0.4) is 0 Å². The molecule has 1 saturated carbocycles. The minimum Gasteiger partial charge on any atom is -0.484 e. The summed E-state index contributed by atoms with van der Waals surface area (Å²) in [5, 5.41) is 8.88. The van der Waals surface area contributed by atoms with Crippen molar-refractivity contribution in [3.8, 4) is 5.75 Å². The van der Waals surface area contributed by atoms with Gasteiger partial charge in [-0.1, -0.05) is 19.1 Å². The molecule has 1 aromatic carbocycles. The van der Waals surface area contributed by atoms with Crippen molar-refractivity contribution in [2.24, 2.45) is 5.92 Å². The lowest BCUT2D eigenvalue weighted by Gasteiger charge is -2.20. The third-order valence-corrected chi connectivity index (χ3v) is 3.52. The molecule has 1 aliphatic rings. The number of nitrogens with zero attached hydrogens (tertiary/aromatic N) is 1. The van der Waals surface area contributed by atoms with Gasteiger partial charge in [-0.25, -0.2) is 0 Å². The monoisotopic (exact) mass is 291 g/mol. The molecule has 0 bridgehead atoms. The molecule has 0 radical (unpaired) electrons. The predicted molar refractivity (Wildman–Crippen MR) is 78.3 cm³/mol. The molecule has 0 atom stereocenters. The zero-order chi connectivity index (χ0) is 15.2. The standard InChI is InChI=1S/C16H21NO4/c1-2-12-4-3-5-14(8-12)21-11-15(18)17(10-16(19)20)9-13-6-7-13/h3-5,8,13H,2,6-7,9-11H2,1H3,(H,19,20). The van der Waals surface area contributed by atoms with Gasteiger partial charge in [0.1, 0.15) is 12.3 Å². The van der Waals surface area contributed by atoms with E-state index in [4.69, 9.17) is 9.84 Å². The van der Waals surface area contributed by atoms with Crippen molar-refractivity contribution < 1.29 is 19.4 Å². The number of benzene rings is 1. The highest BCUT2D eigenvalue weighted by molar-refractivity contribution is 5.82. The van der Waals surface area contributed by atoms with Crippen LogP contribution in [0.4, 0.5) is 0 Å². The van der Waals surface area contributed by atoms with Gasteiger partial charge in [-0.2, -0.15) is 0 Å². The van der Waals surface area contributed by atoms with E-state index >= 15 is 0 Å². The maximum absolute atomic E-state index is 12.1. The normalized spacial score (nSPS) is 13.8. The number of carboxylic acids is 1. The molecule has 1 fully saturated rings. The van der Waals surface area contributed by atoms with Gasteiger partial charge in [0.2, 0.25) is 0 Å². The van der Waals surface area contributed by atoms with Crippen molar-refractivity contribution in [1.82, 2.24) is 4.90 Å². The quantitative estimate of drug-likeness (QED) is 0.795. The first-order valence-corrected chi connectivity index (χ1v) is 7.29. The van der Waals surface area contributed by atoms with Crippen LogP contribution in [0, 0.1) is 5.92 Å². The number of amides is 1. The lowest BCUT2D eigenvalue weighted by atomic mass is 10.2. The Hall–Kier alpha value is -2.04. The van der Waals surface area contributed by atoms with E-state index in [9.17, 15) is 9.59 Å². The summed E-state index contributed by atoms with van der Waals surface area (Å²) >= 11 is 0. The zero-order valence-corrected chi connectivity index (χ0v) is 12.2. The van der Waals surface area contributed by atoms with Gasteiger partial charge in [0, 0.05) is 6.54 Å². The molecule has 1 N–H and O–H groups in total. The average Bonchev–Trinajstić information content (AvgIpc) is 3.28. The molecule has 0 heterocycles. The van der Waals surface area contributed by atoms with E-state index < -0.39 is 5.97 Å². The van der Waals surface area contributed by atoms with Gasteiger partial charge in [0.05, 0.1) is 0 Å². The number of carbonyl (C=O) groups excluding carboxylic acids is 1. The van der Waals surface area contributed by atoms with Gasteiger partial charge in [0.15, 0.2) is 6.61 Å². The van der Waals surface area contributed by atoms with Gasteiger partial charge in [-0.05, 0) is 42.9 Å². The first-order valence-electron chi connectivity index (χ1n) is 7.29. The van der Waals surface area contributed by atoms with E-state index in [1.54, 1.807) is 6.07 Å². The van der Waals surface area contributed by atoms with Crippen LogP contribution < -0.4 is 4.74 Å². The Morgan fingerprint density at radius 2 is 2.14 bits per heavy atom. The zero-order valence-electron chi connectivity index (χ0n) is 12.2. The Balaban J connectivity index is 1.89. The van der Waals surface area contributed by atoms with Gasteiger partial charge in [0.25, 0.3) is 5.91 Å². The maximum atomic E-state index is 12.1. The average molecular weight is 291 g/mol. The van der Waals surface area contributed by atoms with Gasteiger partial charge in [-0.15, -0.1) is 0 Å². The summed E-state index contributed by atoms with van der Waals surface area (Å²) in [6.07, 6.45) is 3.05. The second-order valence-electron chi connectivity index (χ2n) is 5.40. The third-order valence-electron chi connectivity index (χ3n) is 3.52. The molecule has 0 aliphatic heterocycles. The Morgan fingerprint density at radius 1 is 1.38 bits per heavy atom. The number of ether oxygens (including phenoxy) is 1. The molecular weight excluding hydrogens is 270 g/mol. The number of hydrogen-bond acceptors (Lipinski definition) is 3. The Morgan fingerprint density at radius 3 is 2.76 bits per heavy atom. The minimum absolute atomic E-state index is 0.118. The lowest BCUT2D eigenvalue weighted by molar-refractivity contribution is -0.145. The highest BCUT2D eigenvalue weighted by Crippen LogP contribution is 2.29. The molecule has 1 amide bonds. The first kappa shape index (κ1) is 15.4. The van der Waals surface area contributed by atoms with E-state index in [-0.39, 0.29) is 19.1 Å². The van der Waals surface area contributed by atoms with Crippen LogP contribution >= 0.6 is 0 Å². The van der Waals surface area contributed by atoms with Crippen molar-refractivity contribution in [1.29, 1.82) is 0 Å². The fourth-order valence-corrected chi connectivity index (χ4v) is 2.12. The Bertz CT molecular complexity index is 511. The summed E-state index contributed by atoms with van der Waals surface area (Å²) in [5.41, 5.74) is 1.14. The van der Waals surface area contributed by atoms with Gasteiger partial charge >= 0.3 is 5.97 Å². The van der Waals surface area contributed by atoms with Crippen molar-refractivity contribution in [3.05, 3.63) is 29.8 Å². The molecule has 0 unspecified atom stereocenters. The molecule has 114 valence electrons.